The van der Waals surface area contributed by atoms with Gasteiger partial charge in [0.25, 0.3) is 0 Å². The molecule has 0 fully saturated rings. The normalized spacial score (nSPS) is 11.4. The molecule has 17 heavy (non-hydrogen) atoms. The van der Waals surface area contributed by atoms with E-state index in [1.54, 1.807) is 31.2 Å². The summed E-state index contributed by atoms with van der Waals surface area (Å²) in [6.45, 7) is 1.58. The van der Waals surface area contributed by atoms with Crippen LogP contribution in [0.1, 0.15) is 6.92 Å². The monoisotopic (exact) mass is 253 g/mol. The Kier molecular flexibility index (Phi) is 3.10. The number of rotatable bonds is 4. The van der Waals surface area contributed by atoms with Gasteiger partial charge in [-0.3, -0.25) is 4.72 Å². The molecule has 0 saturated carbocycles. The Labute approximate surface area is 98.7 Å². The third kappa shape index (κ3) is 2.82. The summed E-state index contributed by atoms with van der Waals surface area (Å²) in [4.78, 5) is 0. The molecule has 1 aromatic heterocycles. The van der Waals surface area contributed by atoms with Gasteiger partial charge in [-0.25, -0.2) is 8.42 Å². The number of nitrogens with zero attached hydrogens (tertiary/aromatic N) is 2. The summed E-state index contributed by atoms with van der Waals surface area (Å²) in [7, 11) is -3.24. The Morgan fingerprint density at radius 3 is 2.53 bits per heavy atom. The van der Waals surface area contributed by atoms with Crippen molar-refractivity contribution in [3.63, 3.8) is 0 Å². The fourth-order valence-corrected chi connectivity index (χ4v) is 1.87. The van der Waals surface area contributed by atoms with Crippen molar-refractivity contribution >= 4 is 15.7 Å². The van der Waals surface area contributed by atoms with E-state index in [-0.39, 0.29) is 5.75 Å². The SMILES string of the molecule is CCS(=O)(=O)Nc1ccc(-c2nnco2)cc1. The van der Waals surface area contributed by atoms with Crippen molar-refractivity contribution in [1.82, 2.24) is 10.2 Å². The molecule has 0 aliphatic carbocycles. The van der Waals surface area contributed by atoms with Crippen molar-refractivity contribution < 1.29 is 12.8 Å². The fourth-order valence-electron chi connectivity index (χ4n) is 1.23. The van der Waals surface area contributed by atoms with Gasteiger partial charge in [0.1, 0.15) is 0 Å². The van der Waals surface area contributed by atoms with E-state index in [1.165, 1.54) is 6.39 Å². The first-order valence-corrected chi connectivity index (χ1v) is 6.63. The quantitative estimate of drug-likeness (QED) is 0.892. The summed E-state index contributed by atoms with van der Waals surface area (Å²) >= 11 is 0. The van der Waals surface area contributed by atoms with Crippen molar-refractivity contribution in [2.45, 2.75) is 6.92 Å². The molecule has 1 N–H and O–H groups in total. The van der Waals surface area contributed by atoms with E-state index in [0.29, 0.717) is 11.6 Å². The molecule has 0 bridgehead atoms. The number of benzene rings is 1. The molecule has 0 aliphatic rings. The molecule has 2 rings (SSSR count). The van der Waals surface area contributed by atoms with E-state index in [0.717, 1.165) is 5.56 Å². The van der Waals surface area contributed by atoms with Gasteiger partial charge in [0.15, 0.2) is 0 Å². The first-order chi connectivity index (χ1) is 8.11. The Morgan fingerprint density at radius 1 is 1.29 bits per heavy atom. The van der Waals surface area contributed by atoms with E-state index in [4.69, 9.17) is 4.42 Å². The van der Waals surface area contributed by atoms with Crippen LogP contribution in [0.15, 0.2) is 35.1 Å². The summed E-state index contributed by atoms with van der Waals surface area (Å²) in [5.74, 6) is 0.438. The molecule has 90 valence electrons. The van der Waals surface area contributed by atoms with E-state index in [9.17, 15) is 8.42 Å². The topological polar surface area (TPSA) is 85.1 Å². The van der Waals surface area contributed by atoms with Gasteiger partial charge in [0, 0.05) is 11.3 Å². The highest BCUT2D eigenvalue weighted by atomic mass is 32.2. The zero-order valence-electron chi connectivity index (χ0n) is 9.12. The lowest BCUT2D eigenvalue weighted by Gasteiger charge is -2.05. The van der Waals surface area contributed by atoms with Gasteiger partial charge in [0.05, 0.1) is 5.75 Å². The highest BCUT2D eigenvalue weighted by molar-refractivity contribution is 7.92. The lowest BCUT2D eigenvalue weighted by atomic mass is 10.2. The molecular weight excluding hydrogens is 242 g/mol. The van der Waals surface area contributed by atoms with Crippen LogP contribution >= 0.6 is 0 Å². The molecule has 0 aliphatic heterocycles. The smallest absolute Gasteiger partial charge is 0.247 e. The van der Waals surface area contributed by atoms with Crippen LogP contribution in [0, 0.1) is 0 Å². The number of aromatic nitrogens is 2. The molecule has 0 amide bonds. The Hall–Kier alpha value is -1.89. The summed E-state index contributed by atoms with van der Waals surface area (Å²) < 4.78 is 30.1. The van der Waals surface area contributed by atoms with Gasteiger partial charge < -0.3 is 4.42 Å². The molecular formula is C10H11N3O3S. The summed E-state index contributed by atoms with van der Waals surface area (Å²) in [6, 6.07) is 6.71. The van der Waals surface area contributed by atoms with Crippen LogP contribution in [0.2, 0.25) is 0 Å². The number of anilines is 1. The third-order valence-electron chi connectivity index (χ3n) is 2.15. The molecule has 1 heterocycles. The minimum absolute atomic E-state index is 0.0401. The number of hydrogen-bond donors (Lipinski definition) is 1. The van der Waals surface area contributed by atoms with Gasteiger partial charge in [0.2, 0.25) is 22.3 Å². The maximum atomic E-state index is 11.3. The molecule has 6 nitrogen and oxygen atoms in total. The second kappa shape index (κ2) is 4.54. The Bertz CT molecular complexity index is 576. The zero-order valence-corrected chi connectivity index (χ0v) is 9.94. The standard InChI is InChI=1S/C10H11N3O3S/c1-2-17(14,15)13-9-5-3-8(4-6-9)10-12-11-7-16-10/h3-7,13H,2H2,1H3. The average molecular weight is 253 g/mol. The van der Waals surface area contributed by atoms with Gasteiger partial charge in [-0.2, -0.15) is 0 Å². The molecule has 1 aromatic carbocycles. The fraction of sp³-hybridized carbons (Fsp3) is 0.200. The molecule has 0 radical (unpaired) electrons. The Balaban J connectivity index is 2.19. The number of nitrogens with one attached hydrogen (secondary N) is 1. The highest BCUT2D eigenvalue weighted by Crippen LogP contribution is 2.19. The zero-order chi connectivity index (χ0) is 12.3. The average Bonchev–Trinajstić information content (AvgIpc) is 2.83. The van der Waals surface area contributed by atoms with E-state index >= 15 is 0 Å². The van der Waals surface area contributed by atoms with Gasteiger partial charge >= 0.3 is 0 Å². The van der Waals surface area contributed by atoms with Crippen molar-refractivity contribution in [2.75, 3.05) is 10.5 Å². The first kappa shape index (κ1) is 11.6. The minimum atomic E-state index is -3.24. The van der Waals surface area contributed by atoms with E-state index < -0.39 is 10.0 Å². The van der Waals surface area contributed by atoms with Crippen LogP contribution in [0.5, 0.6) is 0 Å². The van der Waals surface area contributed by atoms with Crippen molar-refractivity contribution in [3.8, 4) is 11.5 Å². The number of hydrogen-bond acceptors (Lipinski definition) is 5. The highest BCUT2D eigenvalue weighted by Gasteiger charge is 2.07. The Morgan fingerprint density at radius 2 is 2.00 bits per heavy atom. The summed E-state index contributed by atoms with van der Waals surface area (Å²) in [5, 5.41) is 7.32. The summed E-state index contributed by atoms with van der Waals surface area (Å²) in [6.07, 6.45) is 1.24. The van der Waals surface area contributed by atoms with Gasteiger partial charge in [-0.05, 0) is 31.2 Å². The van der Waals surface area contributed by atoms with Crippen LogP contribution in [-0.4, -0.2) is 24.4 Å². The predicted molar refractivity (Wildman–Crippen MR) is 62.8 cm³/mol. The van der Waals surface area contributed by atoms with Gasteiger partial charge in [-0.15, -0.1) is 10.2 Å². The molecule has 0 unspecified atom stereocenters. The molecule has 2 aromatic rings. The molecule has 7 heteroatoms. The van der Waals surface area contributed by atoms with Crippen molar-refractivity contribution in [1.29, 1.82) is 0 Å². The molecule has 0 spiro atoms. The van der Waals surface area contributed by atoms with Crippen LogP contribution < -0.4 is 4.72 Å². The van der Waals surface area contributed by atoms with Crippen LogP contribution in [0.3, 0.4) is 0 Å². The minimum Gasteiger partial charge on any atom is -0.423 e. The lowest BCUT2D eigenvalue weighted by Crippen LogP contribution is -2.14. The van der Waals surface area contributed by atoms with Crippen molar-refractivity contribution in [3.05, 3.63) is 30.7 Å². The second-order valence-corrected chi connectivity index (χ2v) is 5.34. The summed E-state index contributed by atoms with van der Waals surface area (Å²) in [5.41, 5.74) is 1.25. The molecule has 0 atom stereocenters. The maximum absolute atomic E-state index is 11.3. The van der Waals surface area contributed by atoms with E-state index in [2.05, 4.69) is 14.9 Å². The third-order valence-corrected chi connectivity index (χ3v) is 3.45. The lowest BCUT2D eigenvalue weighted by molar-refractivity contribution is 0.568. The van der Waals surface area contributed by atoms with Crippen LogP contribution in [0.25, 0.3) is 11.5 Å². The second-order valence-electron chi connectivity index (χ2n) is 3.33. The van der Waals surface area contributed by atoms with Crippen molar-refractivity contribution in [2.24, 2.45) is 0 Å². The largest absolute Gasteiger partial charge is 0.423 e. The first-order valence-electron chi connectivity index (χ1n) is 4.98. The van der Waals surface area contributed by atoms with E-state index in [1.807, 2.05) is 0 Å². The maximum Gasteiger partial charge on any atom is 0.247 e. The van der Waals surface area contributed by atoms with Crippen LogP contribution in [0.4, 0.5) is 5.69 Å². The predicted octanol–water partition coefficient (Wildman–Crippen LogP) is 1.50. The number of sulfonamides is 1. The van der Waals surface area contributed by atoms with Crippen LogP contribution in [-0.2, 0) is 10.0 Å². The van der Waals surface area contributed by atoms with Gasteiger partial charge in [-0.1, -0.05) is 0 Å². The molecule has 0 saturated heterocycles.